The van der Waals surface area contributed by atoms with Crippen molar-refractivity contribution in [1.29, 1.82) is 0 Å². The van der Waals surface area contributed by atoms with Crippen molar-refractivity contribution in [2.45, 2.75) is 30.4 Å². The Kier molecular flexibility index (Phi) is 6.21. The highest BCUT2D eigenvalue weighted by Crippen LogP contribution is 2.29. The third-order valence-corrected chi connectivity index (χ3v) is 7.36. The highest BCUT2D eigenvalue weighted by molar-refractivity contribution is 8.02. The van der Waals surface area contributed by atoms with Crippen LogP contribution in [0.5, 0.6) is 0 Å². The van der Waals surface area contributed by atoms with Gasteiger partial charge in [-0.05, 0) is 31.5 Å². The van der Waals surface area contributed by atoms with Crippen LogP contribution in [0, 0.1) is 19.7 Å². The smallest absolute Gasteiger partial charge is 0.263 e. The van der Waals surface area contributed by atoms with E-state index in [2.05, 4.69) is 6.58 Å². The number of rotatable bonds is 7. The molecule has 0 aliphatic carbocycles. The summed E-state index contributed by atoms with van der Waals surface area (Å²) < 4.78 is 15.4. The summed E-state index contributed by atoms with van der Waals surface area (Å²) in [5.41, 5.74) is 0.993. The van der Waals surface area contributed by atoms with E-state index in [1.54, 1.807) is 34.1 Å². The predicted molar refractivity (Wildman–Crippen MR) is 111 cm³/mol. The van der Waals surface area contributed by atoms with Gasteiger partial charge in [-0.15, -0.1) is 29.7 Å². The molecule has 0 aliphatic rings. The maximum atomic E-state index is 13.7. The number of benzene rings is 1. The van der Waals surface area contributed by atoms with Gasteiger partial charge >= 0.3 is 0 Å². The van der Waals surface area contributed by atoms with Crippen LogP contribution in [-0.2, 0) is 6.54 Å². The quantitative estimate of drug-likeness (QED) is 0.231. The Labute approximate surface area is 164 Å². The van der Waals surface area contributed by atoms with Crippen LogP contribution in [0.3, 0.4) is 0 Å². The minimum absolute atomic E-state index is 0.0130. The number of nitrogens with zero attached hydrogens (tertiary/aromatic N) is 2. The molecule has 1 aromatic carbocycles. The van der Waals surface area contributed by atoms with Crippen LogP contribution in [0.25, 0.3) is 10.2 Å². The SMILES string of the molecule is C=CCn1c(SCCSc2ccccc2F)nc2sc(C)c(C)c2c1=O. The van der Waals surface area contributed by atoms with Crippen molar-refractivity contribution in [1.82, 2.24) is 9.55 Å². The Bertz CT molecular complexity index is 1010. The molecule has 7 heteroatoms. The summed E-state index contributed by atoms with van der Waals surface area (Å²) in [6.07, 6.45) is 1.71. The van der Waals surface area contributed by atoms with Crippen LogP contribution in [-0.4, -0.2) is 21.1 Å². The lowest BCUT2D eigenvalue weighted by Crippen LogP contribution is -2.22. The second-order valence-electron chi connectivity index (χ2n) is 5.69. The number of halogens is 1. The summed E-state index contributed by atoms with van der Waals surface area (Å²) >= 11 is 4.55. The minimum atomic E-state index is -0.199. The van der Waals surface area contributed by atoms with Crippen LogP contribution in [0.1, 0.15) is 10.4 Å². The fourth-order valence-corrected chi connectivity index (χ4v) is 5.55. The van der Waals surface area contributed by atoms with Crippen molar-refractivity contribution in [3.63, 3.8) is 0 Å². The van der Waals surface area contributed by atoms with Gasteiger partial charge in [0.15, 0.2) is 5.16 Å². The molecule has 0 bridgehead atoms. The minimum Gasteiger partial charge on any atom is -0.283 e. The molecule has 3 rings (SSSR count). The first-order valence-corrected chi connectivity index (χ1v) is 10.9. The fourth-order valence-electron chi connectivity index (χ4n) is 2.56. The molecule has 0 N–H and O–H groups in total. The van der Waals surface area contributed by atoms with Crippen molar-refractivity contribution in [3.8, 4) is 0 Å². The molecular formula is C19H19FN2OS3. The maximum Gasteiger partial charge on any atom is 0.263 e. The summed E-state index contributed by atoms with van der Waals surface area (Å²) in [7, 11) is 0. The molecule has 0 amide bonds. The lowest BCUT2D eigenvalue weighted by atomic mass is 10.2. The van der Waals surface area contributed by atoms with Gasteiger partial charge in [0.05, 0.1) is 5.39 Å². The molecule has 0 unspecified atom stereocenters. The van der Waals surface area contributed by atoms with Crippen molar-refractivity contribution >= 4 is 45.1 Å². The molecule has 0 aliphatic heterocycles. The number of hydrogen-bond acceptors (Lipinski definition) is 5. The van der Waals surface area contributed by atoms with Crippen LogP contribution in [0.2, 0.25) is 0 Å². The van der Waals surface area contributed by atoms with Crippen LogP contribution in [0.4, 0.5) is 4.39 Å². The number of thiophene rings is 1. The van der Waals surface area contributed by atoms with Crippen LogP contribution < -0.4 is 5.56 Å². The van der Waals surface area contributed by atoms with E-state index in [4.69, 9.17) is 4.98 Å². The van der Waals surface area contributed by atoms with E-state index in [1.165, 1.54) is 29.6 Å². The van der Waals surface area contributed by atoms with Gasteiger partial charge in [-0.25, -0.2) is 9.37 Å². The van der Waals surface area contributed by atoms with Gasteiger partial charge in [0.25, 0.3) is 5.56 Å². The van der Waals surface area contributed by atoms with E-state index in [1.807, 2.05) is 19.9 Å². The molecule has 136 valence electrons. The summed E-state index contributed by atoms with van der Waals surface area (Å²) in [5.74, 6) is 1.27. The molecule has 0 saturated carbocycles. The van der Waals surface area contributed by atoms with Gasteiger partial charge < -0.3 is 0 Å². The third kappa shape index (κ3) is 3.89. The summed E-state index contributed by atoms with van der Waals surface area (Å²) in [4.78, 5) is 20.1. The number of fused-ring (bicyclic) bond motifs is 1. The van der Waals surface area contributed by atoms with Crippen LogP contribution >= 0.6 is 34.9 Å². The van der Waals surface area contributed by atoms with Crippen molar-refractivity contribution in [3.05, 3.63) is 63.5 Å². The molecule has 26 heavy (non-hydrogen) atoms. The molecular weight excluding hydrogens is 387 g/mol. The lowest BCUT2D eigenvalue weighted by molar-refractivity contribution is 0.602. The lowest BCUT2D eigenvalue weighted by Gasteiger charge is -2.10. The monoisotopic (exact) mass is 406 g/mol. The molecule has 3 nitrogen and oxygen atoms in total. The average Bonchev–Trinajstić information content (AvgIpc) is 2.90. The second-order valence-corrected chi connectivity index (χ2v) is 9.09. The summed E-state index contributed by atoms with van der Waals surface area (Å²) in [6.45, 7) is 8.16. The molecule has 2 heterocycles. The zero-order chi connectivity index (χ0) is 18.7. The first-order chi connectivity index (χ1) is 12.5. The highest BCUT2D eigenvalue weighted by atomic mass is 32.2. The van der Waals surface area contributed by atoms with Crippen molar-refractivity contribution < 1.29 is 4.39 Å². The Morgan fingerprint density at radius 1 is 1.27 bits per heavy atom. The number of allylic oxidation sites excluding steroid dienone is 1. The normalized spacial score (nSPS) is 11.2. The molecule has 0 atom stereocenters. The molecule has 2 aromatic heterocycles. The highest BCUT2D eigenvalue weighted by Gasteiger charge is 2.16. The van der Waals surface area contributed by atoms with E-state index >= 15 is 0 Å². The Morgan fingerprint density at radius 3 is 2.73 bits per heavy atom. The van der Waals surface area contributed by atoms with E-state index in [9.17, 15) is 9.18 Å². The second kappa shape index (κ2) is 8.41. The number of aromatic nitrogens is 2. The van der Waals surface area contributed by atoms with Crippen molar-refractivity contribution in [2.24, 2.45) is 0 Å². The summed E-state index contributed by atoms with van der Waals surface area (Å²) in [6, 6.07) is 6.76. The van der Waals surface area contributed by atoms with E-state index < -0.39 is 0 Å². The standard InChI is InChI=1S/C19H19FN2OS3/c1-4-9-22-18(23)16-12(2)13(3)26-17(16)21-19(22)25-11-10-24-15-8-6-5-7-14(15)20/h4-8H,1,9-11H2,2-3H3. The van der Waals surface area contributed by atoms with Gasteiger partial charge in [-0.3, -0.25) is 9.36 Å². The predicted octanol–water partition coefficient (Wildman–Crippen LogP) is 5.28. The Hall–Kier alpha value is -1.57. The van der Waals surface area contributed by atoms with Gasteiger partial charge in [0, 0.05) is 27.8 Å². The first-order valence-electron chi connectivity index (χ1n) is 8.14. The molecule has 3 aromatic rings. The van der Waals surface area contributed by atoms with Gasteiger partial charge in [-0.2, -0.15) is 0 Å². The third-order valence-electron chi connectivity index (χ3n) is 3.97. The largest absolute Gasteiger partial charge is 0.283 e. The Balaban J connectivity index is 1.80. The molecule has 0 radical (unpaired) electrons. The van der Waals surface area contributed by atoms with E-state index in [0.29, 0.717) is 22.0 Å². The topological polar surface area (TPSA) is 34.9 Å². The average molecular weight is 407 g/mol. The molecule has 0 saturated heterocycles. The number of thioether (sulfide) groups is 2. The first kappa shape index (κ1) is 19.2. The summed E-state index contributed by atoms with van der Waals surface area (Å²) in [5, 5.41) is 1.40. The number of aryl methyl sites for hydroxylation is 2. The Morgan fingerprint density at radius 2 is 2.00 bits per heavy atom. The van der Waals surface area contributed by atoms with Gasteiger partial charge in [0.1, 0.15) is 10.6 Å². The maximum absolute atomic E-state index is 13.7. The zero-order valence-electron chi connectivity index (χ0n) is 14.6. The zero-order valence-corrected chi connectivity index (χ0v) is 17.1. The number of hydrogen-bond donors (Lipinski definition) is 0. The van der Waals surface area contributed by atoms with Crippen molar-refractivity contribution in [2.75, 3.05) is 11.5 Å². The molecule has 0 fully saturated rings. The van der Waals surface area contributed by atoms with E-state index in [0.717, 1.165) is 26.8 Å². The van der Waals surface area contributed by atoms with E-state index in [-0.39, 0.29) is 11.4 Å². The van der Waals surface area contributed by atoms with Crippen LogP contribution in [0.15, 0.2) is 51.8 Å². The van der Waals surface area contributed by atoms with Gasteiger partial charge in [0.2, 0.25) is 0 Å². The fraction of sp³-hybridized carbons (Fsp3) is 0.263. The molecule has 0 spiro atoms. The van der Waals surface area contributed by atoms with Gasteiger partial charge in [-0.1, -0.05) is 30.0 Å².